The van der Waals surface area contributed by atoms with Crippen LogP contribution >= 0.6 is 0 Å². The normalized spacial score (nSPS) is 18.4. The molecule has 2 heterocycles. The number of nitrogens with zero attached hydrogens (tertiary/aromatic N) is 3. The molecule has 1 unspecified atom stereocenters. The number of esters is 2. The molecule has 3 N–H and O–H groups in total. The van der Waals surface area contributed by atoms with Crippen molar-refractivity contribution < 1.29 is 19.1 Å². The van der Waals surface area contributed by atoms with E-state index >= 15 is 0 Å². The van der Waals surface area contributed by atoms with Crippen LogP contribution in [0, 0.1) is 11.3 Å². The Bertz CT molecular complexity index is 1490. The van der Waals surface area contributed by atoms with Crippen molar-refractivity contribution in [2.75, 3.05) is 19.1 Å². The number of ether oxygens (including phenoxy) is 2. The van der Waals surface area contributed by atoms with Gasteiger partial charge >= 0.3 is 11.9 Å². The molecule has 1 atom stereocenters. The van der Waals surface area contributed by atoms with E-state index in [1.165, 1.54) is 38.4 Å². The fourth-order valence-corrected chi connectivity index (χ4v) is 5.51. The number of allylic oxidation sites excluding steroid dienone is 1. The van der Waals surface area contributed by atoms with E-state index in [9.17, 15) is 14.9 Å². The van der Waals surface area contributed by atoms with Gasteiger partial charge in [0, 0.05) is 5.92 Å². The average molecular weight is 512 g/mol. The zero-order valence-electron chi connectivity index (χ0n) is 21.4. The Labute approximate surface area is 220 Å². The number of methoxy groups -OCH3 is 2. The Morgan fingerprint density at radius 1 is 1.05 bits per heavy atom. The van der Waals surface area contributed by atoms with Crippen LogP contribution < -0.4 is 10.6 Å². The maximum absolute atomic E-state index is 13.3. The Balaban J connectivity index is 1.70. The molecule has 194 valence electrons. The number of nitriles is 1. The first kappa shape index (κ1) is 25.1. The number of fused-ring (bicyclic) bond motifs is 1. The summed E-state index contributed by atoms with van der Waals surface area (Å²) in [5, 5.41) is 10.2. The summed E-state index contributed by atoms with van der Waals surface area (Å²) in [6, 6.07) is 16.5. The van der Waals surface area contributed by atoms with Crippen molar-refractivity contribution in [1.82, 2.24) is 9.97 Å². The lowest BCUT2D eigenvalue weighted by atomic mass is 9.81. The molecule has 3 aromatic rings. The molecule has 0 bridgehead atoms. The molecule has 1 saturated carbocycles. The summed E-state index contributed by atoms with van der Waals surface area (Å²) in [6.07, 6.45) is 5.81. The molecule has 1 aliphatic heterocycles. The minimum absolute atomic E-state index is 0.0242. The molecule has 0 radical (unpaired) electrons. The molecule has 5 rings (SSSR count). The van der Waals surface area contributed by atoms with Gasteiger partial charge in [0.05, 0.1) is 54.1 Å². The van der Waals surface area contributed by atoms with Crippen LogP contribution in [0.2, 0.25) is 0 Å². The van der Waals surface area contributed by atoms with Gasteiger partial charge in [0.1, 0.15) is 17.3 Å². The Hall–Kier alpha value is -4.58. The zero-order chi connectivity index (χ0) is 26.8. The number of carbonyl (C=O) groups is 2. The van der Waals surface area contributed by atoms with Crippen molar-refractivity contribution in [2.45, 2.75) is 43.9 Å². The highest BCUT2D eigenvalue weighted by Crippen LogP contribution is 2.43. The Kier molecular flexibility index (Phi) is 6.88. The number of carbonyl (C=O) groups excluding carboxylic acids is 2. The van der Waals surface area contributed by atoms with Gasteiger partial charge in [0.25, 0.3) is 0 Å². The van der Waals surface area contributed by atoms with E-state index in [4.69, 9.17) is 20.2 Å². The van der Waals surface area contributed by atoms with Crippen LogP contribution in [0.15, 0.2) is 71.2 Å². The summed E-state index contributed by atoms with van der Waals surface area (Å²) >= 11 is 0. The number of anilines is 1. The number of imidazole rings is 1. The molecule has 1 aromatic heterocycles. The maximum atomic E-state index is 13.3. The third-order valence-corrected chi connectivity index (χ3v) is 7.34. The van der Waals surface area contributed by atoms with Crippen LogP contribution in [0.25, 0.3) is 11.0 Å². The first-order valence-electron chi connectivity index (χ1n) is 12.6. The second kappa shape index (κ2) is 10.4. The van der Waals surface area contributed by atoms with E-state index in [0.29, 0.717) is 17.2 Å². The highest BCUT2D eigenvalue weighted by molar-refractivity contribution is 6.06. The van der Waals surface area contributed by atoms with Crippen LogP contribution in [0.5, 0.6) is 0 Å². The molecule has 38 heavy (non-hydrogen) atoms. The van der Waals surface area contributed by atoms with E-state index in [0.717, 1.165) is 29.7 Å². The van der Waals surface area contributed by atoms with E-state index in [1.807, 2.05) is 18.2 Å². The molecule has 2 aliphatic rings. The average Bonchev–Trinajstić information content (AvgIpc) is 3.40. The molecule has 1 aliphatic carbocycles. The molecule has 0 spiro atoms. The number of H-pyrrole nitrogens is 1. The maximum Gasteiger partial charge on any atom is 0.355 e. The van der Waals surface area contributed by atoms with Crippen molar-refractivity contribution in [3.63, 3.8) is 0 Å². The van der Waals surface area contributed by atoms with Gasteiger partial charge in [0.15, 0.2) is 0 Å². The Morgan fingerprint density at radius 2 is 1.76 bits per heavy atom. The predicted octanol–water partition coefficient (Wildman–Crippen LogP) is 4.51. The molecule has 9 heteroatoms. The van der Waals surface area contributed by atoms with E-state index < -0.39 is 17.9 Å². The minimum atomic E-state index is -0.909. The van der Waals surface area contributed by atoms with Crippen LogP contribution in [-0.2, 0) is 19.1 Å². The summed E-state index contributed by atoms with van der Waals surface area (Å²) in [5.41, 5.74) is 9.26. The quantitative estimate of drug-likeness (QED) is 0.478. The molecule has 0 amide bonds. The molecule has 1 fully saturated rings. The number of hydrogen-bond acceptors (Lipinski definition) is 8. The third kappa shape index (κ3) is 4.28. The fourth-order valence-electron chi connectivity index (χ4n) is 5.51. The van der Waals surface area contributed by atoms with Crippen molar-refractivity contribution >= 4 is 28.7 Å². The third-order valence-electron chi connectivity index (χ3n) is 7.34. The van der Waals surface area contributed by atoms with E-state index in [-0.39, 0.29) is 22.7 Å². The van der Waals surface area contributed by atoms with Gasteiger partial charge < -0.3 is 20.2 Å². The van der Waals surface area contributed by atoms with Crippen LogP contribution in [-0.4, -0.2) is 36.1 Å². The number of nitrogens with two attached hydrogens (primary N) is 1. The summed E-state index contributed by atoms with van der Waals surface area (Å²) in [4.78, 5) is 36.1. The first-order chi connectivity index (χ1) is 18.5. The number of aromatic nitrogens is 2. The molecule has 2 aromatic carbocycles. The topological polar surface area (TPSA) is 134 Å². The van der Waals surface area contributed by atoms with Crippen molar-refractivity contribution in [3.05, 3.63) is 82.6 Å². The number of hydrogen-bond donors (Lipinski definition) is 2. The van der Waals surface area contributed by atoms with Gasteiger partial charge in [-0.05, 0) is 36.6 Å². The lowest BCUT2D eigenvalue weighted by Crippen LogP contribution is -2.40. The van der Waals surface area contributed by atoms with Crippen molar-refractivity contribution in [3.8, 4) is 6.07 Å². The van der Waals surface area contributed by atoms with Gasteiger partial charge in [-0.15, -0.1) is 0 Å². The van der Waals surface area contributed by atoms with Gasteiger partial charge in [0.2, 0.25) is 0 Å². The van der Waals surface area contributed by atoms with Gasteiger partial charge in [-0.3, -0.25) is 4.90 Å². The molecular weight excluding hydrogens is 482 g/mol. The highest BCUT2D eigenvalue weighted by Gasteiger charge is 2.43. The number of aromatic amines is 1. The summed E-state index contributed by atoms with van der Waals surface area (Å²) < 4.78 is 10.2. The molecule has 0 saturated heterocycles. The summed E-state index contributed by atoms with van der Waals surface area (Å²) in [5.74, 6) is -1.09. The van der Waals surface area contributed by atoms with Crippen LogP contribution in [0.3, 0.4) is 0 Å². The number of benzene rings is 2. The highest BCUT2D eigenvalue weighted by atomic mass is 16.5. The zero-order valence-corrected chi connectivity index (χ0v) is 21.4. The minimum Gasteiger partial charge on any atom is -0.466 e. The number of rotatable bonds is 5. The smallest absolute Gasteiger partial charge is 0.355 e. The number of nitrogens with one attached hydrogen (secondary N) is 1. The molecular formula is C29H29N5O4. The lowest BCUT2D eigenvalue weighted by Gasteiger charge is -2.35. The second-order valence-corrected chi connectivity index (χ2v) is 9.49. The van der Waals surface area contributed by atoms with Crippen LogP contribution in [0.4, 0.5) is 5.69 Å². The monoisotopic (exact) mass is 511 g/mol. The van der Waals surface area contributed by atoms with Crippen LogP contribution in [0.1, 0.15) is 55.3 Å². The summed E-state index contributed by atoms with van der Waals surface area (Å²) in [7, 11) is 2.46. The largest absolute Gasteiger partial charge is 0.466 e. The predicted molar refractivity (Wildman–Crippen MR) is 141 cm³/mol. The van der Waals surface area contributed by atoms with Crippen molar-refractivity contribution in [2.24, 2.45) is 5.73 Å². The molecule has 9 nitrogen and oxygen atoms in total. The fraction of sp³-hybridized carbons (Fsp3) is 0.310. The van der Waals surface area contributed by atoms with Crippen molar-refractivity contribution in [1.29, 1.82) is 5.26 Å². The lowest BCUT2D eigenvalue weighted by molar-refractivity contribution is -0.139. The second-order valence-electron chi connectivity index (χ2n) is 9.49. The Morgan fingerprint density at radius 3 is 2.42 bits per heavy atom. The SMILES string of the molecule is COC(=O)C1=C(C(=O)OC)N(c2ccc3nc(C4CCCCC4)[nH]c3c2)C(N)=C(C#N)C1c1ccccc1. The first-order valence-corrected chi connectivity index (χ1v) is 12.6. The van der Waals surface area contributed by atoms with Gasteiger partial charge in [-0.2, -0.15) is 5.26 Å². The van der Waals surface area contributed by atoms with Gasteiger partial charge in [-0.25, -0.2) is 14.6 Å². The summed E-state index contributed by atoms with van der Waals surface area (Å²) in [6.45, 7) is 0. The van der Waals surface area contributed by atoms with Gasteiger partial charge in [-0.1, -0.05) is 49.6 Å². The van der Waals surface area contributed by atoms with E-state index in [2.05, 4.69) is 11.1 Å². The standard InChI is InChI=1S/C29H29N5O4/c1-37-28(35)24-23(17-9-5-3-6-10-17)20(16-30)26(31)34(25(24)29(36)38-2)19-13-14-21-22(15-19)33-27(32-21)18-11-7-4-8-12-18/h3,5-6,9-10,13-15,18,23H,4,7-8,11-12,31H2,1-2H3,(H,32,33). The van der Waals surface area contributed by atoms with E-state index in [1.54, 1.807) is 30.3 Å².